The molecule has 3 aromatic rings. The van der Waals surface area contributed by atoms with Gasteiger partial charge in [0.15, 0.2) is 5.58 Å². The molecule has 3 rings (SSSR count). The fourth-order valence-corrected chi connectivity index (χ4v) is 3.01. The smallest absolute Gasteiger partial charge is 0.261 e. The molecule has 2 aromatic carbocycles. The number of hydrogen-bond acceptors (Lipinski definition) is 4. The summed E-state index contributed by atoms with van der Waals surface area (Å²) >= 11 is 0. The van der Waals surface area contributed by atoms with Crippen molar-refractivity contribution in [2.45, 2.75) is 11.8 Å². The van der Waals surface area contributed by atoms with Crippen LogP contribution in [0.2, 0.25) is 0 Å². The molecule has 20 heavy (non-hydrogen) atoms. The Labute approximate surface area is 116 Å². The molecule has 0 saturated heterocycles. The number of nitrogens with one attached hydrogen (secondary N) is 1. The van der Waals surface area contributed by atoms with Crippen LogP contribution in [0.4, 0.5) is 5.69 Å². The van der Waals surface area contributed by atoms with Crippen LogP contribution in [0.3, 0.4) is 0 Å². The zero-order valence-electron chi connectivity index (χ0n) is 10.7. The second kappa shape index (κ2) is 4.64. The summed E-state index contributed by atoms with van der Waals surface area (Å²) in [6.45, 7) is 1.83. The van der Waals surface area contributed by atoms with Crippen LogP contribution < -0.4 is 4.72 Å². The van der Waals surface area contributed by atoms with E-state index in [0.717, 1.165) is 11.1 Å². The first-order valence-corrected chi connectivity index (χ1v) is 7.48. The van der Waals surface area contributed by atoms with E-state index in [1.54, 1.807) is 48.5 Å². The second-order valence-electron chi connectivity index (χ2n) is 4.40. The predicted octanol–water partition coefficient (Wildman–Crippen LogP) is 2.94. The zero-order valence-corrected chi connectivity index (χ0v) is 11.5. The van der Waals surface area contributed by atoms with Crippen LogP contribution in [0.1, 0.15) is 5.69 Å². The van der Waals surface area contributed by atoms with Crippen molar-refractivity contribution in [2.24, 2.45) is 0 Å². The van der Waals surface area contributed by atoms with Crippen LogP contribution in [-0.2, 0) is 10.0 Å². The van der Waals surface area contributed by atoms with Gasteiger partial charge in [-0.05, 0) is 31.2 Å². The first-order valence-electron chi connectivity index (χ1n) is 6.00. The van der Waals surface area contributed by atoms with E-state index in [9.17, 15) is 8.42 Å². The molecule has 0 fully saturated rings. The minimum atomic E-state index is -3.59. The van der Waals surface area contributed by atoms with Gasteiger partial charge in [-0.3, -0.25) is 4.72 Å². The SMILES string of the molecule is Cc1noc2cc(NS(=O)(=O)c3ccccc3)ccc12. The number of anilines is 1. The molecule has 1 N–H and O–H groups in total. The van der Waals surface area contributed by atoms with Crippen LogP contribution in [0, 0.1) is 6.92 Å². The van der Waals surface area contributed by atoms with E-state index in [2.05, 4.69) is 9.88 Å². The molecule has 1 aromatic heterocycles. The number of aromatic nitrogens is 1. The van der Waals surface area contributed by atoms with E-state index in [1.807, 2.05) is 6.92 Å². The summed E-state index contributed by atoms with van der Waals surface area (Å²) in [5.74, 6) is 0. The number of fused-ring (bicyclic) bond motifs is 1. The molecule has 6 heteroatoms. The quantitative estimate of drug-likeness (QED) is 0.804. The minimum Gasteiger partial charge on any atom is -0.356 e. The predicted molar refractivity (Wildman–Crippen MR) is 76.0 cm³/mol. The Hall–Kier alpha value is -2.34. The maximum Gasteiger partial charge on any atom is 0.261 e. The number of benzene rings is 2. The molecule has 0 bridgehead atoms. The van der Waals surface area contributed by atoms with Crippen LogP contribution in [-0.4, -0.2) is 13.6 Å². The van der Waals surface area contributed by atoms with E-state index < -0.39 is 10.0 Å². The monoisotopic (exact) mass is 288 g/mol. The van der Waals surface area contributed by atoms with Crippen LogP contribution in [0.25, 0.3) is 11.0 Å². The van der Waals surface area contributed by atoms with Gasteiger partial charge >= 0.3 is 0 Å². The maximum absolute atomic E-state index is 12.2. The average Bonchev–Trinajstić information content (AvgIpc) is 2.80. The fraction of sp³-hybridized carbons (Fsp3) is 0.0714. The number of hydrogen-bond donors (Lipinski definition) is 1. The van der Waals surface area contributed by atoms with E-state index in [4.69, 9.17) is 4.52 Å². The van der Waals surface area contributed by atoms with Gasteiger partial charge in [0, 0.05) is 11.5 Å². The number of sulfonamides is 1. The van der Waals surface area contributed by atoms with Crippen molar-refractivity contribution < 1.29 is 12.9 Å². The number of aryl methyl sites for hydroxylation is 1. The first kappa shape index (κ1) is 12.7. The van der Waals surface area contributed by atoms with Crippen molar-refractivity contribution in [3.8, 4) is 0 Å². The molecular formula is C14H12N2O3S. The van der Waals surface area contributed by atoms with Crippen LogP contribution in [0.15, 0.2) is 57.9 Å². The highest BCUT2D eigenvalue weighted by atomic mass is 32.2. The molecule has 5 nitrogen and oxygen atoms in total. The van der Waals surface area contributed by atoms with Gasteiger partial charge in [0.05, 0.1) is 16.3 Å². The summed E-state index contributed by atoms with van der Waals surface area (Å²) in [7, 11) is -3.59. The highest BCUT2D eigenvalue weighted by molar-refractivity contribution is 7.92. The maximum atomic E-state index is 12.2. The number of nitrogens with zero attached hydrogens (tertiary/aromatic N) is 1. The van der Waals surface area contributed by atoms with Crippen molar-refractivity contribution in [2.75, 3.05) is 4.72 Å². The lowest BCUT2D eigenvalue weighted by Crippen LogP contribution is -2.12. The lowest BCUT2D eigenvalue weighted by Gasteiger charge is -2.07. The highest BCUT2D eigenvalue weighted by Gasteiger charge is 2.14. The Kier molecular flexibility index (Phi) is 2.94. The van der Waals surface area contributed by atoms with Crippen LogP contribution in [0.5, 0.6) is 0 Å². The van der Waals surface area contributed by atoms with Gasteiger partial charge < -0.3 is 4.52 Å². The van der Waals surface area contributed by atoms with Crippen LogP contribution >= 0.6 is 0 Å². The van der Waals surface area contributed by atoms with Crippen molar-refractivity contribution in [3.05, 3.63) is 54.2 Å². The summed E-state index contributed by atoms with van der Waals surface area (Å²) in [5.41, 5.74) is 1.77. The molecule has 0 atom stereocenters. The van der Waals surface area contributed by atoms with E-state index in [0.29, 0.717) is 11.3 Å². The molecular weight excluding hydrogens is 276 g/mol. The van der Waals surface area contributed by atoms with Gasteiger partial charge in [-0.15, -0.1) is 0 Å². The van der Waals surface area contributed by atoms with Gasteiger partial charge in [0.1, 0.15) is 0 Å². The summed E-state index contributed by atoms with van der Waals surface area (Å²) < 4.78 is 32.0. The second-order valence-corrected chi connectivity index (χ2v) is 6.08. The van der Waals surface area contributed by atoms with Gasteiger partial charge in [0.25, 0.3) is 10.0 Å². The van der Waals surface area contributed by atoms with Gasteiger partial charge in [-0.1, -0.05) is 23.4 Å². The molecule has 102 valence electrons. The standard InChI is InChI=1S/C14H12N2O3S/c1-10-13-8-7-11(9-14(13)19-15-10)16-20(17,18)12-5-3-2-4-6-12/h2-9,16H,1H3. The molecule has 0 spiro atoms. The van der Waals surface area contributed by atoms with Crippen molar-refractivity contribution in [1.29, 1.82) is 0 Å². The normalized spacial score (nSPS) is 11.7. The Balaban J connectivity index is 1.97. The third-order valence-electron chi connectivity index (χ3n) is 2.96. The molecule has 0 unspecified atom stereocenters. The molecule has 0 radical (unpaired) electrons. The third kappa shape index (κ3) is 2.25. The zero-order chi connectivity index (χ0) is 14.2. The van der Waals surface area contributed by atoms with E-state index >= 15 is 0 Å². The summed E-state index contributed by atoms with van der Waals surface area (Å²) in [5, 5.41) is 4.71. The molecule has 0 aliphatic heterocycles. The minimum absolute atomic E-state index is 0.217. The Morgan fingerprint density at radius 3 is 2.60 bits per heavy atom. The van der Waals surface area contributed by atoms with Crippen molar-refractivity contribution >= 4 is 26.7 Å². The molecule has 0 aliphatic rings. The first-order chi connectivity index (χ1) is 9.56. The summed E-state index contributed by atoms with van der Waals surface area (Å²) in [6, 6.07) is 13.3. The van der Waals surface area contributed by atoms with Crippen molar-refractivity contribution in [1.82, 2.24) is 5.16 Å². The largest absolute Gasteiger partial charge is 0.356 e. The topological polar surface area (TPSA) is 72.2 Å². The van der Waals surface area contributed by atoms with E-state index in [1.165, 1.54) is 0 Å². The summed E-state index contributed by atoms with van der Waals surface area (Å²) in [6.07, 6.45) is 0. The lowest BCUT2D eigenvalue weighted by atomic mass is 10.2. The van der Waals surface area contributed by atoms with E-state index in [-0.39, 0.29) is 4.90 Å². The Bertz CT molecular complexity index is 855. The van der Waals surface area contributed by atoms with Gasteiger partial charge in [-0.2, -0.15) is 0 Å². The lowest BCUT2D eigenvalue weighted by molar-refractivity contribution is 0.450. The third-order valence-corrected chi connectivity index (χ3v) is 4.36. The molecule has 0 saturated carbocycles. The Morgan fingerprint density at radius 1 is 1.10 bits per heavy atom. The molecule has 0 aliphatic carbocycles. The average molecular weight is 288 g/mol. The van der Waals surface area contributed by atoms with Gasteiger partial charge in [0.2, 0.25) is 0 Å². The van der Waals surface area contributed by atoms with Crippen molar-refractivity contribution in [3.63, 3.8) is 0 Å². The summed E-state index contributed by atoms with van der Waals surface area (Å²) in [4.78, 5) is 0.217. The number of rotatable bonds is 3. The fourth-order valence-electron chi connectivity index (χ4n) is 1.94. The molecule has 1 heterocycles. The molecule has 0 amide bonds. The highest BCUT2D eigenvalue weighted by Crippen LogP contribution is 2.23. The Morgan fingerprint density at radius 2 is 1.85 bits per heavy atom. The van der Waals surface area contributed by atoms with Gasteiger partial charge in [-0.25, -0.2) is 8.42 Å².